The number of hydrogen-bond acceptors (Lipinski definition) is 5. The number of nitrogens with zero attached hydrogens (tertiary/aromatic N) is 1. The Balaban J connectivity index is 2.81. The number of nitrogen functional groups attached to an aromatic ring is 1. The Morgan fingerprint density at radius 1 is 1.41 bits per heavy atom. The molecule has 0 aliphatic heterocycles. The minimum absolute atomic E-state index is 0.161. The van der Waals surface area contributed by atoms with Crippen LogP contribution in [0.25, 0.3) is 0 Å². The second kappa shape index (κ2) is 5.96. The van der Waals surface area contributed by atoms with Gasteiger partial charge in [0.1, 0.15) is 6.10 Å². The lowest BCUT2D eigenvalue weighted by Crippen LogP contribution is -2.30. The Labute approximate surface area is 98.3 Å². The Morgan fingerprint density at radius 3 is 2.47 bits per heavy atom. The molecule has 6 heteroatoms. The molecule has 1 rings (SSSR count). The maximum atomic E-state index is 11.1. The number of hydrogen-bond donors (Lipinski definition) is 4. The molecule has 1 amide bonds. The van der Waals surface area contributed by atoms with Gasteiger partial charge in [0.2, 0.25) is 0 Å². The Hall–Kier alpha value is -1.94. The quantitative estimate of drug-likeness (QED) is 0.321. The number of nitrogens with one attached hydrogen (secondary N) is 1. The molecule has 0 aromatic heterocycles. The molecule has 5 N–H and O–H groups in total. The van der Waals surface area contributed by atoms with Crippen molar-refractivity contribution in [2.24, 2.45) is 5.84 Å². The van der Waals surface area contributed by atoms with Crippen LogP contribution in [0.2, 0.25) is 0 Å². The van der Waals surface area contributed by atoms with Crippen LogP contribution in [-0.4, -0.2) is 22.2 Å². The summed E-state index contributed by atoms with van der Waals surface area (Å²) in [5.74, 6) is 4.52. The van der Waals surface area contributed by atoms with Crippen molar-refractivity contribution in [3.63, 3.8) is 0 Å². The average Bonchev–Trinajstić information content (AvgIpc) is 2.37. The van der Waals surface area contributed by atoms with Crippen LogP contribution in [0.4, 0.5) is 0 Å². The van der Waals surface area contributed by atoms with E-state index < -0.39 is 18.1 Å². The average molecular weight is 235 g/mol. The molecule has 6 nitrogen and oxygen atoms in total. The van der Waals surface area contributed by atoms with Gasteiger partial charge in [-0.05, 0) is 17.7 Å². The number of aliphatic hydroxyl groups is 2. The second-order valence-corrected chi connectivity index (χ2v) is 3.47. The van der Waals surface area contributed by atoms with E-state index in [9.17, 15) is 15.0 Å². The van der Waals surface area contributed by atoms with Crippen LogP contribution in [0.5, 0.6) is 0 Å². The second-order valence-electron chi connectivity index (χ2n) is 3.47. The largest absolute Gasteiger partial charge is 0.389 e. The first kappa shape index (κ1) is 13.1. The van der Waals surface area contributed by atoms with E-state index in [2.05, 4.69) is 0 Å². The smallest absolute Gasteiger partial charge is 0.265 e. The fourth-order valence-corrected chi connectivity index (χ4v) is 1.34. The lowest BCUT2D eigenvalue weighted by Gasteiger charge is -2.15. The van der Waals surface area contributed by atoms with E-state index in [1.54, 1.807) is 6.07 Å². The molecule has 0 saturated heterocycles. The highest BCUT2D eigenvalue weighted by atomic mass is 16.3. The van der Waals surface area contributed by atoms with Crippen molar-refractivity contribution in [3.8, 4) is 6.07 Å². The summed E-state index contributed by atoms with van der Waals surface area (Å²) in [7, 11) is 0. The molecule has 1 aromatic carbocycles. The third-order valence-corrected chi connectivity index (χ3v) is 2.31. The number of carbonyl (C=O) groups is 1. The first-order chi connectivity index (χ1) is 8.10. The van der Waals surface area contributed by atoms with Crippen LogP contribution < -0.4 is 11.3 Å². The third kappa shape index (κ3) is 3.26. The summed E-state index contributed by atoms with van der Waals surface area (Å²) in [5, 5.41) is 27.5. The van der Waals surface area contributed by atoms with Gasteiger partial charge in [0.05, 0.1) is 18.6 Å². The summed E-state index contributed by atoms with van der Waals surface area (Å²) in [4.78, 5) is 11.1. The van der Waals surface area contributed by atoms with E-state index in [0.717, 1.165) is 0 Å². The minimum atomic E-state index is -1.15. The van der Waals surface area contributed by atoms with Crippen LogP contribution in [0, 0.1) is 11.3 Å². The summed E-state index contributed by atoms with van der Waals surface area (Å²) >= 11 is 0. The molecule has 2 unspecified atom stereocenters. The Bertz CT molecular complexity index is 425. The number of carbonyl (C=O) groups excluding carboxylic acids is 1. The zero-order valence-corrected chi connectivity index (χ0v) is 9.00. The zero-order chi connectivity index (χ0) is 12.8. The summed E-state index contributed by atoms with van der Waals surface area (Å²) in [6.45, 7) is 0. The summed E-state index contributed by atoms with van der Waals surface area (Å²) in [6, 6.07) is 7.70. The normalized spacial score (nSPS) is 13.5. The van der Waals surface area contributed by atoms with Gasteiger partial charge in [-0.25, -0.2) is 5.84 Å². The van der Waals surface area contributed by atoms with Gasteiger partial charge >= 0.3 is 0 Å². The molecule has 0 aliphatic carbocycles. The number of nitrogens with two attached hydrogens (primary N) is 1. The molecule has 17 heavy (non-hydrogen) atoms. The molecule has 2 atom stereocenters. The van der Waals surface area contributed by atoms with Crippen molar-refractivity contribution in [1.82, 2.24) is 5.43 Å². The van der Waals surface area contributed by atoms with Gasteiger partial charge in [0.15, 0.2) is 0 Å². The number of aliphatic hydroxyl groups excluding tert-OH is 2. The molecule has 0 saturated carbocycles. The van der Waals surface area contributed by atoms with Crippen LogP contribution in [0.3, 0.4) is 0 Å². The van der Waals surface area contributed by atoms with Crippen molar-refractivity contribution in [2.45, 2.75) is 18.6 Å². The van der Waals surface area contributed by atoms with Gasteiger partial charge in [-0.2, -0.15) is 5.26 Å². The van der Waals surface area contributed by atoms with Crippen molar-refractivity contribution in [3.05, 3.63) is 35.4 Å². The number of benzene rings is 1. The van der Waals surface area contributed by atoms with E-state index >= 15 is 0 Å². The first-order valence-electron chi connectivity index (χ1n) is 4.94. The van der Waals surface area contributed by atoms with Crippen molar-refractivity contribution in [1.29, 1.82) is 5.26 Å². The lowest BCUT2D eigenvalue weighted by atomic mass is 10.0. The molecule has 0 fully saturated rings. The van der Waals surface area contributed by atoms with Gasteiger partial charge in [0.25, 0.3) is 5.91 Å². The maximum absolute atomic E-state index is 11.1. The van der Waals surface area contributed by atoms with E-state index in [-0.39, 0.29) is 6.42 Å². The molecular formula is C11H13N3O3. The van der Waals surface area contributed by atoms with Crippen LogP contribution in [-0.2, 0) is 0 Å². The predicted molar refractivity (Wildman–Crippen MR) is 59.3 cm³/mol. The Kier molecular flexibility index (Phi) is 4.60. The van der Waals surface area contributed by atoms with E-state index in [1.807, 2.05) is 5.43 Å². The summed E-state index contributed by atoms with van der Waals surface area (Å²) < 4.78 is 0. The number of nitriles is 1. The predicted octanol–water partition coefficient (Wildman–Crippen LogP) is -0.402. The summed E-state index contributed by atoms with van der Waals surface area (Å²) in [5.41, 5.74) is 2.76. The SMILES string of the molecule is N#CCC(O)C(O)c1ccc(C(=O)NN)cc1. The number of hydrazine groups is 1. The fourth-order valence-electron chi connectivity index (χ4n) is 1.34. The van der Waals surface area contributed by atoms with Crippen LogP contribution in [0.15, 0.2) is 24.3 Å². The third-order valence-electron chi connectivity index (χ3n) is 2.31. The lowest BCUT2D eigenvalue weighted by molar-refractivity contribution is 0.0216. The van der Waals surface area contributed by atoms with Gasteiger partial charge in [-0.1, -0.05) is 12.1 Å². The highest BCUT2D eigenvalue weighted by Crippen LogP contribution is 2.19. The molecule has 0 bridgehead atoms. The Morgan fingerprint density at radius 2 is 2.00 bits per heavy atom. The van der Waals surface area contributed by atoms with Gasteiger partial charge < -0.3 is 10.2 Å². The topological polar surface area (TPSA) is 119 Å². The molecule has 90 valence electrons. The van der Waals surface area contributed by atoms with Gasteiger partial charge in [-0.3, -0.25) is 10.2 Å². The van der Waals surface area contributed by atoms with Crippen molar-refractivity contribution < 1.29 is 15.0 Å². The van der Waals surface area contributed by atoms with Crippen LogP contribution >= 0.6 is 0 Å². The van der Waals surface area contributed by atoms with Crippen molar-refractivity contribution >= 4 is 5.91 Å². The van der Waals surface area contributed by atoms with Gasteiger partial charge in [-0.15, -0.1) is 0 Å². The highest BCUT2D eigenvalue weighted by molar-refractivity contribution is 5.93. The minimum Gasteiger partial charge on any atom is -0.389 e. The number of rotatable bonds is 4. The highest BCUT2D eigenvalue weighted by Gasteiger charge is 2.18. The van der Waals surface area contributed by atoms with Gasteiger partial charge in [0, 0.05) is 5.56 Å². The fraction of sp³-hybridized carbons (Fsp3) is 0.273. The van der Waals surface area contributed by atoms with Crippen molar-refractivity contribution in [2.75, 3.05) is 0 Å². The molecule has 0 aliphatic rings. The zero-order valence-electron chi connectivity index (χ0n) is 9.00. The van der Waals surface area contributed by atoms with E-state index in [4.69, 9.17) is 11.1 Å². The first-order valence-corrected chi connectivity index (χ1v) is 4.94. The monoisotopic (exact) mass is 235 g/mol. The molecular weight excluding hydrogens is 222 g/mol. The molecule has 1 aromatic rings. The summed E-state index contributed by atoms with van der Waals surface area (Å²) in [6.07, 6.45) is -2.45. The maximum Gasteiger partial charge on any atom is 0.265 e. The van der Waals surface area contributed by atoms with E-state index in [0.29, 0.717) is 11.1 Å². The standard InChI is InChI=1S/C11H13N3O3/c12-6-5-9(15)10(16)7-1-3-8(4-2-7)11(17)14-13/h1-4,9-10,15-16H,5,13H2,(H,14,17). The molecule has 0 heterocycles. The molecule has 0 spiro atoms. The molecule has 0 radical (unpaired) electrons. The van der Waals surface area contributed by atoms with E-state index in [1.165, 1.54) is 24.3 Å². The number of amides is 1. The van der Waals surface area contributed by atoms with Crippen LogP contribution in [0.1, 0.15) is 28.4 Å².